The van der Waals surface area contributed by atoms with Crippen molar-refractivity contribution in [1.29, 1.82) is 5.26 Å². The fourth-order valence-corrected chi connectivity index (χ4v) is 1.82. The third-order valence-electron chi connectivity index (χ3n) is 3.09. The summed E-state index contributed by atoms with van der Waals surface area (Å²) in [5, 5.41) is 8.87. The maximum Gasteiger partial charge on any atom is 0.119 e. The summed E-state index contributed by atoms with van der Waals surface area (Å²) in [4.78, 5) is 0. The fraction of sp³-hybridized carbons (Fsp3) is 0.235. The van der Waals surface area contributed by atoms with Gasteiger partial charge >= 0.3 is 0 Å². The zero-order chi connectivity index (χ0) is 13.5. The summed E-state index contributed by atoms with van der Waals surface area (Å²) in [6.07, 6.45) is 0.818. The smallest absolute Gasteiger partial charge is 0.119 e. The second-order valence-electron chi connectivity index (χ2n) is 4.44. The number of nitrogens with zero attached hydrogens (tertiary/aromatic N) is 1. The maximum atomic E-state index is 8.87. The SMILES string of the molecule is CCC(C#N)COc1ccc(-c2ccccc2)cc1. The zero-order valence-corrected chi connectivity index (χ0v) is 11.0. The van der Waals surface area contributed by atoms with Crippen molar-refractivity contribution in [2.75, 3.05) is 6.61 Å². The first-order valence-corrected chi connectivity index (χ1v) is 6.51. The Hall–Kier alpha value is -2.27. The van der Waals surface area contributed by atoms with Crippen molar-refractivity contribution >= 4 is 0 Å². The molecule has 0 aromatic heterocycles. The molecule has 0 spiro atoms. The first-order valence-electron chi connectivity index (χ1n) is 6.51. The molecule has 0 heterocycles. The number of rotatable bonds is 5. The standard InChI is InChI=1S/C17H17NO/c1-2-14(12-18)13-19-17-10-8-16(9-11-17)15-6-4-3-5-7-15/h3-11,14H,2,13H2,1H3. The zero-order valence-electron chi connectivity index (χ0n) is 11.0. The third-order valence-corrected chi connectivity index (χ3v) is 3.09. The Balaban J connectivity index is 2.01. The van der Waals surface area contributed by atoms with Gasteiger partial charge in [0.1, 0.15) is 12.4 Å². The second-order valence-corrected chi connectivity index (χ2v) is 4.44. The molecular formula is C17H17NO. The first-order chi connectivity index (χ1) is 9.33. The summed E-state index contributed by atoms with van der Waals surface area (Å²) in [5.41, 5.74) is 2.36. The van der Waals surface area contributed by atoms with Gasteiger partial charge in [0.05, 0.1) is 12.0 Å². The van der Waals surface area contributed by atoms with E-state index < -0.39 is 0 Å². The lowest BCUT2D eigenvalue weighted by atomic mass is 10.1. The Kier molecular flexibility index (Phi) is 4.58. The van der Waals surface area contributed by atoms with Gasteiger partial charge < -0.3 is 4.74 Å². The minimum Gasteiger partial charge on any atom is -0.492 e. The molecule has 19 heavy (non-hydrogen) atoms. The topological polar surface area (TPSA) is 33.0 Å². The van der Waals surface area contributed by atoms with Crippen LogP contribution in [0.5, 0.6) is 5.75 Å². The molecule has 2 aromatic carbocycles. The largest absolute Gasteiger partial charge is 0.492 e. The molecule has 0 fully saturated rings. The summed E-state index contributed by atoms with van der Waals surface area (Å²) in [6.45, 7) is 2.45. The monoisotopic (exact) mass is 251 g/mol. The lowest BCUT2D eigenvalue weighted by molar-refractivity contribution is 0.276. The predicted octanol–water partition coefficient (Wildman–Crippen LogP) is 4.28. The van der Waals surface area contributed by atoms with Crippen molar-refractivity contribution < 1.29 is 4.74 Å². The van der Waals surface area contributed by atoms with Gasteiger partial charge in [-0.25, -0.2) is 0 Å². The van der Waals surface area contributed by atoms with E-state index in [9.17, 15) is 0 Å². The molecule has 0 saturated carbocycles. The lowest BCUT2D eigenvalue weighted by Crippen LogP contribution is -2.08. The van der Waals surface area contributed by atoms with Gasteiger partial charge in [0.15, 0.2) is 0 Å². The van der Waals surface area contributed by atoms with E-state index in [1.54, 1.807) is 0 Å². The minimum atomic E-state index is -0.0335. The molecule has 2 rings (SSSR count). The van der Waals surface area contributed by atoms with Gasteiger partial charge in [0, 0.05) is 0 Å². The average Bonchev–Trinajstić information content (AvgIpc) is 2.50. The van der Waals surface area contributed by atoms with Gasteiger partial charge in [-0.3, -0.25) is 0 Å². The molecule has 0 aliphatic rings. The summed E-state index contributed by atoms with van der Waals surface area (Å²) in [7, 11) is 0. The summed E-state index contributed by atoms with van der Waals surface area (Å²) in [5.74, 6) is 0.780. The highest BCUT2D eigenvalue weighted by Gasteiger charge is 2.05. The van der Waals surface area contributed by atoms with Crippen LogP contribution in [0.2, 0.25) is 0 Å². The Morgan fingerprint density at radius 2 is 1.63 bits per heavy atom. The van der Waals surface area contributed by atoms with Crippen LogP contribution in [-0.2, 0) is 0 Å². The number of hydrogen-bond acceptors (Lipinski definition) is 2. The molecule has 2 nitrogen and oxygen atoms in total. The molecular weight excluding hydrogens is 234 g/mol. The van der Waals surface area contributed by atoms with E-state index in [1.165, 1.54) is 11.1 Å². The Labute approximate surface area is 114 Å². The molecule has 2 aromatic rings. The van der Waals surface area contributed by atoms with E-state index >= 15 is 0 Å². The van der Waals surface area contributed by atoms with E-state index in [4.69, 9.17) is 10.00 Å². The summed E-state index contributed by atoms with van der Waals surface area (Å²) < 4.78 is 5.62. The molecule has 0 aliphatic carbocycles. The molecule has 0 saturated heterocycles. The van der Waals surface area contributed by atoms with E-state index in [2.05, 4.69) is 18.2 Å². The minimum absolute atomic E-state index is 0.0335. The summed E-state index contributed by atoms with van der Waals surface area (Å²) in [6, 6.07) is 20.4. The highest BCUT2D eigenvalue weighted by Crippen LogP contribution is 2.22. The quantitative estimate of drug-likeness (QED) is 0.794. The highest BCUT2D eigenvalue weighted by atomic mass is 16.5. The fourth-order valence-electron chi connectivity index (χ4n) is 1.82. The molecule has 1 unspecified atom stereocenters. The van der Waals surface area contributed by atoms with Gasteiger partial charge in [0.2, 0.25) is 0 Å². The van der Waals surface area contributed by atoms with Crippen LogP contribution in [-0.4, -0.2) is 6.61 Å². The van der Waals surface area contributed by atoms with Crippen molar-refractivity contribution in [1.82, 2.24) is 0 Å². The number of nitriles is 1. The van der Waals surface area contributed by atoms with Crippen LogP contribution in [0.1, 0.15) is 13.3 Å². The predicted molar refractivity (Wildman–Crippen MR) is 76.8 cm³/mol. The molecule has 0 aliphatic heterocycles. The van der Waals surface area contributed by atoms with Crippen LogP contribution < -0.4 is 4.74 Å². The lowest BCUT2D eigenvalue weighted by Gasteiger charge is -2.09. The van der Waals surface area contributed by atoms with Crippen molar-refractivity contribution in [3.63, 3.8) is 0 Å². The highest BCUT2D eigenvalue weighted by molar-refractivity contribution is 5.63. The first kappa shape index (κ1) is 13.2. The molecule has 2 heteroatoms. The second kappa shape index (κ2) is 6.61. The van der Waals surface area contributed by atoms with Crippen LogP contribution in [0, 0.1) is 17.2 Å². The maximum absolute atomic E-state index is 8.87. The van der Waals surface area contributed by atoms with Crippen LogP contribution in [0.4, 0.5) is 0 Å². The third kappa shape index (κ3) is 3.59. The van der Waals surface area contributed by atoms with Gasteiger partial charge in [-0.1, -0.05) is 49.4 Å². The molecule has 0 radical (unpaired) electrons. The molecule has 0 bridgehead atoms. The molecule has 0 amide bonds. The van der Waals surface area contributed by atoms with Crippen LogP contribution in [0.25, 0.3) is 11.1 Å². The van der Waals surface area contributed by atoms with Crippen LogP contribution in [0.3, 0.4) is 0 Å². The van der Waals surface area contributed by atoms with Gasteiger partial charge in [0.25, 0.3) is 0 Å². The molecule has 0 N–H and O–H groups in total. The normalized spacial score (nSPS) is 11.6. The van der Waals surface area contributed by atoms with Crippen molar-refractivity contribution in [3.8, 4) is 22.9 Å². The number of hydrogen-bond donors (Lipinski definition) is 0. The Morgan fingerprint density at radius 3 is 2.21 bits per heavy atom. The Bertz CT molecular complexity index is 540. The van der Waals surface area contributed by atoms with Gasteiger partial charge in [-0.15, -0.1) is 0 Å². The summed E-state index contributed by atoms with van der Waals surface area (Å²) >= 11 is 0. The number of benzene rings is 2. The van der Waals surface area contributed by atoms with Gasteiger partial charge in [-0.05, 0) is 29.7 Å². The van der Waals surface area contributed by atoms with Crippen molar-refractivity contribution in [2.24, 2.45) is 5.92 Å². The van der Waals surface area contributed by atoms with Crippen molar-refractivity contribution in [3.05, 3.63) is 54.6 Å². The molecule has 96 valence electrons. The van der Waals surface area contributed by atoms with E-state index in [-0.39, 0.29) is 5.92 Å². The molecule has 1 atom stereocenters. The van der Waals surface area contributed by atoms with Crippen LogP contribution >= 0.6 is 0 Å². The van der Waals surface area contributed by atoms with Crippen molar-refractivity contribution in [2.45, 2.75) is 13.3 Å². The van der Waals surface area contributed by atoms with Crippen LogP contribution in [0.15, 0.2) is 54.6 Å². The van der Waals surface area contributed by atoms with E-state index in [1.807, 2.05) is 49.4 Å². The van der Waals surface area contributed by atoms with E-state index in [0.717, 1.165) is 12.2 Å². The number of ether oxygens (including phenoxy) is 1. The van der Waals surface area contributed by atoms with E-state index in [0.29, 0.717) is 6.61 Å². The Morgan fingerprint density at radius 1 is 1.00 bits per heavy atom. The van der Waals surface area contributed by atoms with Gasteiger partial charge in [-0.2, -0.15) is 5.26 Å². The average molecular weight is 251 g/mol.